The van der Waals surface area contributed by atoms with Gasteiger partial charge >= 0.3 is 6.18 Å². The van der Waals surface area contributed by atoms with E-state index in [2.05, 4.69) is 39.5 Å². The highest BCUT2D eigenvalue weighted by Gasteiger charge is 2.34. The lowest BCUT2D eigenvalue weighted by Gasteiger charge is -2.38. The number of rotatable bonds is 4. The number of nitrogens with zero attached hydrogens (tertiary/aromatic N) is 4. The number of likely N-dealkylation sites (N-methyl/N-ethyl adjacent to an activating group) is 2. The van der Waals surface area contributed by atoms with Crippen molar-refractivity contribution in [3.8, 4) is 0 Å². The van der Waals surface area contributed by atoms with E-state index in [1.807, 2.05) is 0 Å². The minimum atomic E-state index is -4.13. The number of likely N-dealkylation sites (tertiary alicyclic amines) is 1. The summed E-state index contributed by atoms with van der Waals surface area (Å²) in [4.78, 5) is 10.3. The zero-order valence-corrected chi connectivity index (χ0v) is 17.5. The van der Waals surface area contributed by atoms with Gasteiger partial charge in [0, 0.05) is 58.4 Å². The lowest BCUT2D eigenvalue weighted by molar-refractivity contribution is -0.143. The molecule has 2 aliphatic rings. The number of piperazine rings is 1. The van der Waals surface area contributed by atoms with Crippen molar-refractivity contribution in [2.24, 2.45) is 4.99 Å². The number of halogens is 4. The van der Waals surface area contributed by atoms with Crippen molar-refractivity contribution in [3.63, 3.8) is 0 Å². The number of alkyl halides is 3. The van der Waals surface area contributed by atoms with E-state index >= 15 is 0 Å². The molecule has 2 aliphatic heterocycles. The van der Waals surface area contributed by atoms with Gasteiger partial charge in [0.05, 0.1) is 6.54 Å². The van der Waals surface area contributed by atoms with E-state index in [-0.39, 0.29) is 30.0 Å². The molecule has 0 aromatic heterocycles. The van der Waals surface area contributed by atoms with Crippen LogP contribution in [0, 0.1) is 0 Å². The molecule has 2 N–H and O–H groups in total. The Kier molecular flexibility index (Phi) is 9.19. The SMILES string of the molecule is CN=C(NCC1CN(C)CCN1C)NC1CCN(CC(F)(F)F)C1.I. The molecule has 148 valence electrons. The first-order valence-electron chi connectivity index (χ1n) is 8.42. The van der Waals surface area contributed by atoms with Crippen LogP contribution in [0.2, 0.25) is 0 Å². The second-order valence-corrected chi connectivity index (χ2v) is 6.83. The van der Waals surface area contributed by atoms with E-state index in [0.29, 0.717) is 31.5 Å². The molecule has 0 radical (unpaired) electrons. The highest BCUT2D eigenvalue weighted by Crippen LogP contribution is 2.19. The van der Waals surface area contributed by atoms with E-state index in [1.165, 1.54) is 4.90 Å². The Hall–Kier alpha value is -0.330. The summed E-state index contributed by atoms with van der Waals surface area (Å²) in [6, 6.07) is 0.401. The van der Waals surface area contributed by atoms with Crippen LogP contribution in [-0.2, 0) is 0 Å². The normalized spacial score (nSPS) is 27.2. The number of nitrogens with one attached hydrogen (secondary N) is 2. The van der Waals surface area contributed by atoms with Gasteiger partial charge in [-0.1, -0.05) is 0 Å². The molecular formula is C15H30F3IN6. The van der Waals surface area contributed by atoms with Gasteiger partial charge in [-0.2, -0.15) is 13.2 Å². The molecule has 0 saturated carbocycles. The predicted molar refractivity (Wildman–Crippen MR) is 105 cm³/mol. The van der Waals surface area contributed by atoms with Crippen molar-refractivity contribution in [2.45, 2.75) is 24.7 Å². The molecule has 6 nitrogen and oxygen atoms in total. The summed E-state index contributed by atoms with van der Waals surface area (Å²) < 4.78 is 37.4. The molecule has 0 amide bonds. The zero-order chi connectivity index (χ0) is 17.7. The first-order chi connectivity index (χ1) is 11.3. The van der Waals surface area contributed by atoms with Crippen molar-refractivity contribution in [3.05, 3.63) is 0 Å². The third-order valence-electron chi connectivity index (χ3n) is 4.73. The smallest absolute Gasteiger partial charge is 0.355 e. The van der Waals surface area contributed by atoms with Gasteiger partial charge in [0.25, 0.3) is 0 Å². The first kappa shape index (κ1) is 22.7. The molecule has 2 rings (SSSR count). The van der Waals surface area contributed by atoms with Crippen LogP contribution in [0.4, 0.5) is 13.2 Å². The lowest BCUT2D eigenvalue weighted by Crippen LogP contribution is -2.56. The minimum absolute atomic E-state index is 0. The molecule has 0 aromatic carbocycles. The second kappa shape index (κ2) is 10.1. The summed E-state index contributed by atoms with van der Waals surface area (Å²) in [5, 5.41) is 6.55. The molecule has 2 fully saturated rings. The van der Waals surface area contributed by atoms with Crippen LogP contribution in [-0.4, -0.2) is 106 Å². The minimum Gasteiger partial charge on any atom is -0.355 e. The topological polar surface area (TPSA) is 46.1 Å². The fourth-order valence-corrected chi connectivity index (χ4v) is 3.27. The van der Waals surface area contributed by atoms with Crippen LogP contribution >= 0.6 is 24.0 Å². The third-order valence-corrected chi connectivity index (χ3v) is 4.73. The summed E-state index contributed by atoms with van der Waals surface area (Å²) in [5.41, 5.74) is 0. The molecular weight excluding hydrogens is 448 g/mol. The van der Waals surface area contributed by atoms with Crippen molar-refractivity contribution >= 4 is 29.9 Å². The molecule has 0 aromatic rings. The zero-order valence-electron chi connectivity index (χ0n) is 15.1. The Labute approximate surface area is 165 Å². The Morgan fingerprint density at radius 3 is 2.52 bits per heavy atom. The fourth-order valence-electron chi connectivity index (χ4n) is 3.27. The van der Waals surface area contributed by atoms with Gasteiger partial charge in [-0.3, -0.25) is 14.8 Å². The van der Waals surface area contributed by atoms with E-state index in [9.17, 15) is 13.2 Å². The maximum Gasteiger partial charge on any atom is 0.401 e. The highest BCUT2D eigenvalue weighted by molar-refractivity contribution is 14.0. The molecule has 2 saturated heterocycles. The van der Waals surface area contributed by atoms with Gasteiger partial charge in [-0.15, -0.1) is 24.0 Å². The second-order valence-electron chi connectivity index (χ2n) is 6.83. The molecule has 0 aliphatic carbocycles. The van der Waals surface area contributed by atoms with Crippen LogP contribution in [0.1, 0.15) is 6.42 Å². The lowest BCUT2D eigenvalue weighted by atomic mass is 10.2. The molecule has 0 spiro atoms. The number of hydrogen-bond donors (Lipinski definition) is 2. The van der Waals surface area contributed by atoms with Gasteiger partial charge < -0.3 is 15.5 Å². The standard InChI is InChI=1S/C15H29F3N6.HI/c1-19-14(20-8-13-10-22(2)6-7-23(13)3)21-12-4-5-24(9-12)11-15(16,17)18;/h12-13H,4-11H2,1-3H3,(H2,19,20,21);1H. The number of guanidine groups is 1. The largest absolute Gasteiger partial charge is 0.401 e. The average Bonchev–Trinajstić information content (AvgIpc) is 2.91. The van der Waals surface area contributed by atoms with E-state index in [0.717, 1.165) is 26.2 Å². The fraction of sp³-hybridized carbons (Fsp3) is 0.933. The Morgan fingerprint density at radius 1 is 1.16 bits per heavy atom. The first-order valence-corrected chi connectivity index (χ1v) is 8.42. The summed E-state index contributed by atoms with van der Waals surface area (Å²) >= 11 is 0. The molecule has 2 heterocycles. The van der Waals surface area contributed by atoms with E-state index in [4.69, 9.17) is 0 Å². The van der Waals surface area contributed by atoms with Crippen molar-refractivity contribution in [2.75, 3.05) is 67.0 Å². The summed E-state index contributed by atoms with van der Waals surface area (Å²) in [7, 11) is 5.91. The Balaban J connectivity index is 0.00000312. The summed E-state index contributed by atoms with van der Waals surface area (Å²) in [6.45, 7) is 3.87. The predicted octanol–water partition coefficient (Wildman–Crippen LogP) is 0.652. The van der Waals surface area contributed by atoms with Crippen LogP contribution < -0.4 is 10.6 Å². The molecule has 2 unspecified atom stereocenters. The number of hydrogen-bond acceptors (Lipinski definition) is 4. The third kappa shape index (κ3) is 7.83. The molecule has 2 atom stereocenters. The number of aliphatic imine (C=N–C) groups is 1. The van der Waals surface area contributed by atoms with Crippen molar-refractivity contribution in [1.29, 1.82) is 0 Å². The van der Waals surface area contributed by atoms with Gasteiger partial charge in [0.15, 0.2) is 5.96 Å². The maximum absolute atomic E-state index is 12.5. The van der Waals surface area contributed by atoms with Crippen LogP contribution in [0.3, 0.4) is 0 Å². The van der Waals surface area contributed by atoms with Gasteiger partial charge in [0.1, 0.15) is 0 Å². The monoisotopic (exact) mass is 478 g/mol. The van der Waals surface area contributed by atoms with Crippen LogP contribution in [0.15, 0.2) is 4.99 Å². The Bertz CT molecular complexity index is 434. The molecule has 10 heteroatoms. The highest BCUT2D eigenvalue weighted by atomic mass is 127. The van der Waals surface area contributed by atoms with Crippen molar-refractivity contribution < 1.29 is 13.2 Å². The molecule has 25 heavy (non-hydrogen) atoms. The molecule has 0 bridgehead atoms. The average molecular weight is 478 g/mol. The van der Waals surface area contributed by atoms with Gasteiger partial charge in [0.2, 0.25) is 0 Å². The Morgan fingerprint density at radius 2 is 1.88 bits per heavy atom. The summed E-state index contributed by atoms with van der Waals surface area (Å²) in [5.74, 6) is 0.662. The van der Waals surface area contributed by atoms with E-state index < -0.39 is 12.7 Å². The van der Waals surface area contributed by atoms with Gasteiger partial charge in [-0.25, -0.2) is 0 Å². The van der Waals surface area contributed by atoms with Crippen LogP contribution in [0.25, 0.3) is 0 Å². The van der Waals surface area contributed by atoms with E-state index in [1.54, 1.807) is 7.05 Å². The maximum atomic E-state index is 12.5. The van der Waals surface area contributed by atoms with Gasteiger partial charge in [-0.05, 0) is 20.5 Å². The summed E-state index contributed by atoms with van der Waals surface area (Å²) in [6.07, 6.45) is -3.44. The van der Waals surface area contributed by atoms with Crippen molar-refractivity contribution in [1.82, 2.24) is 25.3 Å². The quantitative estimate of drug-likeness (QED) is 0.353. The van der Waals surface area contributed by atoms with Crippen LogP contribution in [0.5, 0.6) is 0 Å².